The van der Waals surface area contributed by atoms with Crippen LogP contribution in [0.25, 0.3) is 0 Å². The highest BCUT2D eigenvalue weighted by molar-refractivity contribution is 6.33. The van der Waals surface area contributed by atoms with Gasteiger partial charge in [-0.1, -0.05) is 41.4 Å². The number of nitrogens with zero attached hydrogens (tertiary/aromatic N) is 2. The average molecular weight is 394 g/mol. The predicted molar refractivity (Wildman–Crippen MR) is 98.7 cm³/mol. The molecule has 0 unspecified atom stereocenters. The standard InChI is InChI=1S/C18H14Cl2FN3O2/c1-26-16-7-6-12(19)8-13(16)18(25)22-17-14(20)10-24(23-17)9-11-4-2-3-5-15(11)21/h2-8,10H,9H2,1H3,(H,22,23,25). The van der Waals surface area contributed by atoms with Gasteiger partial charge in [0.05, 0.1) is 19.2 Å². The first-order valence-electron chi connectivity index (χ1n) is 7.59. The van der Waals surface area contributed by atoms with Gasteiger partial charge in [0.15, 0.2) is 5.82 Å². The molecule has 8 heteroatoms. The Hall–Kier alpha value is -2.57. The highest BCUT2D eigenvalue weighted by Gasteiger charge is 2.17. The number of hydrogen-bond acceptors (Lipinski definition) is 3. The second-order valence-electron chi connectivity index (χ2n) is 5.41. The first kappa shape index (κ1) is 18.2. The van der Waals surface area contributed by atoms with Crippen LogP contribution < -0.4 is 10.1 Å². The molecule has 0 atom stereocenters. The van der Waals surface area contributed by atoms with Crippen molar-refractivity contribution in [2.75, 3.05) is 12.4 Å². The number of hydrogen-bond donors (Lipinski definition) is 1. The van der Waals surface area contributed by atoms with Crippen molar-refractivity contribution < 1.29 is 13.9 Å². The van der Waals surface area contributed by atoms with Crippen molar-refractivity contribution in [2.45, 2.75) is 6.54 Å². The molecule has 0 saturated heterocycles. The summed E-state index contributed by atoms with van der Waals surface area (Å²) in [7, 11) is 1.45. The van der Waals surface area contributed by atoms with Crippen LogP contribution in [-0.4, -0.2) is 22.8 Å². The molecule has 1 aromatic heterocycles. The molecule has 0 radical (unpaired) electrons. The number of methoxy groups -OCH3 is 1. The lowest BCUT2D eigenvalue weighted by Gasteiger charge is -2.08. The van der Waals surface area contributed by atoms with Crippen molar-refractivity contribution in [1.29, 1.82) is 0 Å². The molecule has 0 saturated carbocycles. The number of aromatic nitrogens is 2. The Labute approximate surface area is 159 Å². The predicted octanol–water partition coefficient (Wildman–Crippen LogP) is 4.64. The molecule has 1 N–H and O–H groups in total. The molecule has 5 nitrogen and oxygen atoms in total. The molecule has 1 amide bonds. The summed E-state index contributed by atoms with van der Waals surface area (Å²) < 4.78 is 20.4. The van der Waals surface area contributed by atoms with Crippen molar-refractivity contribution in [1.82, 2.24) is 9.78 Å². The van der Waals surface area contributed by atoms with Crippen molar-refractivity contribution in [2.24, 2.45) is 0 Å². The minimum Gasteiger partial charge on any atom is -0.496 e. The van der Waals surface area contributed by atoms with Crippen LogP contribution in [0, 0.1) is 5.82 Å². The number of carbonyl (C=O) groups excluding carboxylic acids is 1. The van der Waals surface area contributed by atoms with E-state index in [0.717, 1.165) is 0 Å². The fourth-order valence-corrected chi connectivity index (χ4v) is 2.77. The van der Waals surface area contributed by atoms with Gasteiger partial charge in [-0.05, 0) is 24.3 Å². The van der Waals surface area contributed by atoms with Gasteiger partial charge in [0, 0.05) is 16.8 Å². The highest BCUT2D eigenvalue weighted by Crippen LogP contribution is 2.26. The van der Waals surface area contributed by atoms with Crippen molar-refractivity contribution in [3.63, 3.8) is 0 Å². The lowest BCUT2D eigenvalue weighted by molar-refractivity contribution is 0.102. The minimum absolute atomic E-state index is 0.162. The first-order valence-corrected chi connectivity index (χ1v) is 8.35. The maximum absolute atomic E-state index is 13.8. The van der Waals surface area contributed by atoms with Gasteiger partial charge in [0.25, 0.3) is 5.91 Å². The molecular weight excluding hydrogens is 380 g/mol. The van der Waals surface area contributed by atoms with Crippen molar-refractivity contribution >= 4 is 34.9 Å². The maximum Gasteiger partial charge on any atom is 0.260 e. The fraction of sp³-hybridized carbons (Fsp3) is 0.111. The van der Waals surface area contributed by atoms with Crippen LogP contribution >= 0.6 is 23.2 Å². The molecule has 1 heterocycles. The van der Waals surface area contributed by atoms with E-state index in [1.165, 1.54) is 30.1 Å². The zero-order valence-electron chi connectivity index (χ0n) is 13.7. The molecule has 0 aliphatic carbocycles. The lowest BCUT2D eigenvalue weighted by atomic mass is 10.2. The summed E-state index contributed by atoms with van der Waals surface area (Å²) in [6.07, 6.45) is 1.51. The van der Waals surface area contributed by atoms with Crippen LogP contribution in [0.15, 0.2) is 48.7 Å². The van der Waals surface area contributed by atoms with E-state index in [1.54, 1.807) is 30.3 Å². The largest absolute Gasteiger partial charge is 0.496 e. The summed E-state index contributed by atoms with van der Waals surface area (Å²) in [5.74, 6) is -0.278. The first-order chi connectivity index (χ1) is 12.5. The summed E-state index contributed by atoms with van der Waals surface area (Å²) in [6.45, 7) is 0.183. The number of amides is 1. The number of carbonyl (C=O) groups is 1. The number of anilines is 1. The molecular formula is C18H14Cl2FN3O2. The van der Waals surface area contributed by atoms with E-state index < -0.39 is 5.91 Å². The molecule has 3 rings (SSSR count). The Morgan fingerprint density at radius 1 is 1.27 bits per heavy atom. The second-order valence-corrected chi connectivity index (χ2v) is 6.26. The molecule has 0 bridgehead atoms. The third-order valence-electron chi connectivity index (χ3n) is 3.65. The Morgan fingerprint density at radius 3 is 2.77 bits per heavy atom. The number of nitrogens with one attached hydrogen (secondary N) is 1. The number of benzene rings is 2. The smallest absolute Gasteiger partial charge is 0.260 e. The van der Waals surface area contributed by atoms with Crippen LogP contribution in [0.1, 0.15) is 15.9 Å². The Balaban J connectivity index is 1.81. The molecule has 0 spiro atoms. The van der Waals surface area contributed by atoms with Gasteiger partial charge in [0.1, 0.15) is 16.6 Å². The Morgan fingerprint density at radius 2 is 2.04 bits per heavy atom. The quantitative estimate of drug-likeness (QED) is 0.686. The van der Waals surface area contributed by atoms with Crippen molar-refractivity contribution in [3.05, 3.63) is 75.7 Å². The van der Waals surface area contributed by atoms with E-state index in [2.05, 4.69) is 10.4 Å². The maximum atomic E-state index is 13.8. The van der Waals surface area contributed by atoms with E-state index >= 15 is 0 Å². The Bertz CT molecular complexity index is 959. The normalized spacial score (nSPS) is 10.6. The van der Waals surface area contributed by atoms with Crippen LogP contribution in [0.3, 0.4) is 0 Å². The average Bonchev–Trinajstić information content (AvgIpc) is 2.96. The van der Waals surface area contributed by atoms with Crippen LogP contribution in [0.4, 0.5) is 10.2 Å². The zero-order chi connectivity index (χ0) is 18.7. The van der Waals surface area contributed by atoms with E-state index in [0.29, 0.717) is 16.3 Å². The van der Waals surface area contributed by atoms with Gasteiger partial charge in [0.2, 0.25) is 0 Å². The van der Waals surface area contributed by atoms with E-state index in [4.69, 9.17) is 27.9 Å². The second kappa shape index (κ2) is 7.76. The molecule has 134 valence electrons. The summed E-state index contributed by atoms with van der Waals surface area (Å²) in [4.78, 5) is 12.5. The fourth-order valence-electron chi connectivity index (χ4n) is 2.40. The summed E-state index contributed by atoms with van der Waals surface area (Å²) in [5, 5.41) is 7.44. The van der Waals surface area contributed by atoms with Crippen LogP contribution in [-0.2, 0) is 6.54 Å². The minimum atomic E-state index is -0.470. The van der Waals surface area contributed by atoms with Crippen LogP contribution in [0.5, 0.6) is 5.75 Å². The van der Waals surface area contributed by atoms with Gasteiger partial charge >= 0.3 is 0 Å². The SMILES string of the molecule is COc1ccc(Cl)cc1C(=O)Nc1nn(Cc2ccccc2F)cc1Cl. The van der Waals surface area contributed by atoms with E-state index in [-0.39, 0.29) is 28.8 Å². The molecule has 0 aliphatic heterocycles. The van der Waals surface area contributed by atoms with Gasteiger partial charge in [-0.25, -0.2) is 4.39 Å². The molecule has 26 heavy (non-hydrogen) atoms. The van der Waals surface area contributed by atoms with Gasteiger partial charge in [-0.15, -0.1) is 0 Å². The monoisotopic (exact) mass is 393 g/mol. The van der Waals surface area contributed by atoms with Gasteiger partial charge in [-0.2, -0.15) is 5.10 Å². The van der Waals surface area contributed by atoms with Gasteiger partial charge in [-0.3, -0.25) is 9.48 Å². The summed E-state index contributed by atoms with van der Waals surface area (Å²) >= 11 is 12.1. The number of ether oxygens (including phenoxy) is 1. The topological polar surface area (TPSA) is 56.1 Å². The zero-order valence-corrected chi connectivity index (χ0v) is 15.2. The van der Waals surface area contributed by atoms with E-state index in [9.17, 15) is 9.18 Å². The number of halogens is 3. The molecule has 2 aromatic carbocycles. The van der Waals surface area contributed by atoms with Crippen molar-refractivity contribution in [3.8, 4) is 5.75 Å². The third kappa shape index (κ3) is 3.98. The summed E-state index contributed by atoms with van der Waals surface area (Å²) in [5.41, 5.74) is 0.709. The molecule has 0 aliphatic rings. The Kier molecular flexibility index (Phi) is 5.44. The lowest BCUT2D eigenvalue weighted by Crippen LogP contribution is -2.14. The highest BCUT2D eigenvalue weighted by atomic mass is 35.5. The van der Waals surface area contributed by atoms with E-state index in [1.807, 2.05) is 0 Å². The third-order valence-corrected chi connectivity index (χ3v) is 4.16. The van der Waals surface area contributed by atoms with Gasteiger partial charge < -0.3 is 10.1 Å². The summed E-state index contributed by atoms with van der Waals surface area (Å²) in [6, 6.07) is 11.1. The molecule has 0 fully saturated rings. The number of rotatable bonds is 5. The molecule has 3 aromatic rings. The van der Waals surface area contributed by atoms with Crippen LogP contribution in [0.2, 0.25) is 10.0 Å².